The molecule has 10 heteroatoms. The standard InChI is InChI=1S/C19H19F3N6O/c1-19(21,22)15-7-14(3-4-16(15)20)24-10-13(23)11-29-18-25-8-12(9-26-18)17-5-6-28(2)27-17/h3-10,24H,11,23H2,1-2H3/b13-10-. The number of ether oxygens (including phenoxy) is 1. The molecule has 0 atom stereocenters. The van der Waals surface area contributed by atoms with Gasteiger partial charge in [0.15, 0.2) is 0 Å². The van der Waals surface area contributed by atoms with Gasteiger partial charge in [0.25, 0.3) is 5.92 Å². The van der Waals surface area contributed by atoms with E-state index in [-0.39, 0.29) is 24.0 Å². The first kappa shape index (κ1) is 20.2. The van der Waals surface area contributed by atoms with Crippen LogP contribution in [0.4, 0.5) is 18.9 Å². The molecule has 3 aromatic rings. The van der Waals surface area contributed by atoms with Crippen LogP contribution >= 0.6 is 0 Å². The molecule has 152 valence electrons. The molecule has 0 fully saturated rings. The molecule has 0 radical (unpaired) electrons. The summed E-state index contributed by atoms with van der Waals surface area (Å²) in [5.41, 5.74) is 7.13. The van der Waals surface area contributed by atoms with Crippen LogP contribution in [0.25, 0.3) is 11.3 Å². The molecule has 0 saturated heterocycles. The monoisotopic (exact) mass is 404 g/mol. The second-order valence-electron chi connectivity index (χ2n) is 6.36. The molecule has 29 heavy (non-hydrogen) atoms. The summed E-state index contributed by atoms with van der Waals surface area (Å²) in [4.78, 5) is 8.18. The lowest BCUT2D eigenvalue weighted by Crippen LogP contribution is -2.13. The molecule has 7 nitrogen and oxygen atoms in total. The smallest absolute Gasteiger partial charge is 0.316 e. The Kier molecular flexibility index (Phi) is 5.71. The van der Waals surface area contributed by atoms with Crippen LogP contribution in [0.1, 0.15) is 12.5 Å². The van der Waals surface area contributed by atoms with Crippen LogP contribution in [-0.4, -0.2) is 26.4 Å². The fraction of sp³-hybridized carbons (Fsp3) is 0.211. The second-order valence-corrected chi connectivity index (χ2v) is 6.36. The normalized spacial score (nSPS) is 12.1. The van der Waals surface area contributed by atoms with E-state index in [1.807, 2.05) is 19.3 Å². The average Bonchev–Trinajstić information content (AvgIpc) is 3.11. The third-order valence-electron chi connectivity index (χ3n) is 3.87. The predicted octanol–water partition coefficient (Wildman–Crippen LogP) is 3.42. The van der Waals surface area contributed by atoms with Crippen molar-refractivity contribution in [3.05, 3.63) is 66.1 Å². The number of aromatic nitrogens is 4. The van der Waals surface area contributed by atoms with Crippen molar-refractivity contribution in [3.63, 3.8) is 0 Å². The van der Waals surface area contributed by atoms with Gasteiger partial charge >= 0.3 is 6.01 Å². The highest BCUT2D eigenvalue weighted by molar-refractivity contribution is 5.55. The Bertz CT molecular complexity index is 1010. The number of alkyl halides is 2. The van der Waals surface area contributed by atoms with Crippen molar-refractivity contribution in [1.82, 2.24) is 19.7 Å². The molecule has 3 rings (SSSR count). The third-order valence-corrected chi connectivity index (χ3v) is 3.87. The molecule has 3 N–H and O–H groups in total. The zero-order chi connectivity index (χ0) is 21.0. The molecule has 0 aliphatic heterocycles. The number of halogens is 3. The maximum Gasteiger partial charge on any atom is 0.316 e. The summed E-state index contributed by atoms with van der Waals surface area (Å²) in [5.74, 6) is -4.27. The van der Waals surface area contributed by atoms with E-state index in [4.69, 9.17) is 10.5 Å². The second kappa shape index (κ2) is 8.21. The summed E-state index contributed by atoms with van der Waals surface area (Å²) in [6.07, 6.45) is 6.33. The summed E-state index contributed by atoms with van der Waals surface area (Å²) in [6, 6.07) is 5.28. The highest BCUT2D eigenvalue weighted by atomic mass is 19.3. The van der Waals surface area contributed by atoms with E-state index in [1.165, 1.54) is 12.3 Å². The van der Waals surface area contributed by atoms with Gasteiger partial charge < -0.3 is 15.8 Å². The zero-order valence-corrected chi connectivity index (χ0v) is 15.7. The highest BCUT2D eigenvalue weighted by Gasteiger charge is 2.28. The molecule has 0 spiro atoms. The summed E-state index contributed by atoms with van der Waals surface area (Å²) in [7, 11) is 1.81. The van der Waals surface area contributed by atoms with Crippen molar-refractivity contribution in [3.8, 4) is 17.3 Å². The van der Waals surface area contributed by atoms with Gasteiger partial charge in [-0.05, 0) is 24.3 Å². The number of nitrogens with two attached hydrogens (primary N) is 1. The lowest BCUT2D eigenvalue weighted by atomic mass is 10.1. The zero-order valence-electron chi connectivity index (χ0n) is 15.7. The van der Waals surface area contributed by atoms with Gasteiger partial charge in [-0.1, -0.05) is 0 Å². The van der Waals surface area contributed by atoms with E-state index < -0.39 is 17.3 Å². The predicted molar refractivity (Wildman–Crippen MR) is 102 cm³/mol. The molecule has 0 aliphatic carbocycles. The van der Waals surface area contributed by atoms with Crippen molar-refractivity contribution in [1.29, 1.82) is 0 Å². The molecule has 0 bridgehead atoms. The summed E-state index contributed by atoms with van der Waals surface area (Å²) >= 11 is 0. The van der Waals surface area contributed by atoms with Crippen molar-refractivity contribution in [2.45, 2.75) is 12.8 Å². The first-order chi connectivity index (χ1) is 13.7. The van der Waals surface area contributed by atoms with Gasteiger partial charge in [-0.3, -0.25) is 4.68 Å². The first-order valence-corrected chi connectivity index (χ1v) is 8.56. The Morgan fingerprint density at radius 3 is 2.62 bits per heavy atom. The topological polar surface area (TPSA) is 90.9 Å². The number of hydrogen-bond acceptors (Lipinski definition) is 6. The van der Waals surface area contributed by atoms with E-state index >= 15 is 0 Å². The van der Waals surface area contributed by atoms with Gasteiger partial charge in [0.2, 0.25) is 0 Å². The van der Waals surface area contributed by atoms with Crippen molar-refractivity contribution in [2.75, 3.05) is 11.9 Å². The van der Waals surface area contributed by atoms with Crippen molar-refractivity contribution < 1.29 is 17.9 Å². The van der Waals surface area contributed by atoms with Gasteiger partial charge in [-0.2, -0.15) is 5.10 Å². The van der Waals surface area contributed by atoms with Gasteiger partial charge in [0.1, 0.15) is 12.4 Å². The maximum absolute atomic E-state index is 13.5. The molecule has 0 unspecified atom stereocenters. The fourth-order valence-corrected chi connectivity index (χ4v) is 2.41. The molecule has 2 heterocycles. The number of rotatable bonds is 7. The number of nitrogens with zero attached hydrogens (tertiary/aromatic N) is 4. The minimum Gasteiger partial charge on any atom is -0.457 e. The molecule has 1 aromatic carbocycles. The van der Waals surface area contributed by atoms with Crippen LogP contribution in [0.15, 0.2) is 54.8 Å². The highest BCUT2D eigenvalue weighted by Crippen LogP contribution is 2.31. The van der Waals surface area contributed by atoms with Gasteiger partial charge in [0, 0.05) is 50.0 Å². The van der Waals surface area contributed by atoms with Crippen LogP contribution < -0.4 is 15.8 Å². The quantitative estimate of drug-likeness (QED) is 0.627. The summed E-state index contributed by atoms with van der Waals surface area (Å²) in [6.45, 7) is 0.598. The van der Waals surface area contributed by atoms with Crippen LogP contribution in [0.2, 0.25) is 0 Å². The molecular weight excluding hydrogens is 385 g/mol. The van der Waals surface area contributed by atoms with Crippen LogP contribution in [0.3, 0.4) is 0 Å². The third kappa shape index (κ3) is 5.24. The lowest BCUT2D eigenvalue weighted by Gasteiger charge is -2.13. The minimum absolute atomic E-state index is 0.0338. The van der Waals surface area contributed by atoms with Crippen LogP contribution in [0, 0.1) is 5.82 Å². The Hall–Kier alpha value is -3.56. The Morgan fingerprint density at radius 1 is 1.28 bits per heavy atom. The molecule has 0 aliphatic rings. The number of benzene rings is 1. The van der Waals surface area contributed by atoms with E-state index in [1.54, 1.807) is 17.1 Å². The Morgan fingerprint density at radius 2 is 2.00 bits per heavy atom. The lowest BCUT2D eigenvalue weighted by molar-refractivity contribution is 0.0138. The number of aryl methyl sites for hydroxylation is 1. The summed E-state index contributed by atoms with van der Waals surface area (Å²) in [5, 5.41) is 6.99. The van der Waals surface area contributed by atoms with Gasteiger partial charge in [0.05, 0.1) is 17.0 Å². The first-order valence-electron chi connectivity index (χ1n) is 8.56. The largest absolute Gasteiger partial charge is 0.457 e. The van der Waals surface area contributed by atoms with Crippen molar-refractivity contribution in [2.24, 2.45) is 12.8 Å². The minimum atomic E-state index is -3.29. The van der Waals surface area contributed by atoms with Crippen molar-refractivity contribution >= 4 is 5.69 Å². The van der Waals surface area contributed by atoms with Gasteiger partial charge in [-0.25, -0.2) is 23.1 Å². The number of anilines is 1. The van der Waals surface area contributed by atoms with E-state index in [9.17, 15) is 13.2 Å². The van der Waals surface area contributed by atoms with E-state index in [0.29, 0.717) is 6.92 Å². The molecule has 2 aromatic heterocycles. The molecule has 0 saturated carbocycles. The average molecular weight is 404 g/mol. The van der Waals surface area contributed by atoms with Crippen LogP contribution in [-0.2, 0) is 13.0 Å². The molecular formula is C19H19F3N6O. The SMILES string of the molecule is Cn1ccc(-c2cnc(OC/C(N)=C/Nc3ccc(F)c(C(C)(F)F)c3)nc2)n1. The number of hydrogen-bond donors (Lipinski definition) is 2. The van der Waals surface area contributed by atoms with E-state index in [0.717, 1.165) is 23.4 Å². The van der Waals surface area contributed by atoms with Gasteiger partial charge in [-0.15, -0.1) is 0 Å². The van der Waals surface area contributed by atoms with E-state index in [2.05, 4.69) is 20.4 Å². The van der Waals surface area contributed by atoms with Crippen LogP contribution in [0.5, 0.6) is 6.01 Å². The number of nitrogens with one attached hydrogen (secondary N) is 1. The Balaban J connectivity index is 1.58. The summed E-state index contributed by atoms with van der Waals surface area (Å²) < 4.78 is 47.4. The maximum atomic E-state index is 13.5. The fourth-order valence-electron chi connectivity index (χ4n) is 2.41. The molecule has 0 amide bonds. The Labute approximate surface area is 165 Å².